The number of hydrogen-bond acceptors (Lipinski definition) is 2. The van der Waals surface area contributed by atoms with Gasteiger partial charge in [-0.05, 0) is 25.5 Å². The largest absolute Gasteiger partial charge is 0.505 e. The molecule has 0 spiro atoms. The molecule has 0 radical (unpaired) electrons. The minimum Gasteiger partial charge on any atom is -0.505 e. The second-order valence-electron chi connectivity index (χ2n) is 4.57. The first-order chi connectivity index (χ1) is 8.69. The second kappa shape index (κ2) is 7.50. The fourth-order valence-electron chi connectivity index (χ4n) is 1.83. The topological polar surface area (TPSA) is 48.4 Å². The molecule has 3 heteroatoms. The Hall–Kier alpha value is -1.82. The number of allylic oxidation sites excluding steroid dienone is 1. The van der Waals surface area contributed by atoms with E-state index in [-0.39, 0.29) is 11.5 Å². The van der Waals surface area contributed by atoms with Crippen LogP contribution < -0.4 is 0 Å². The Morgan fingerprint density at radius 1 is 1.17 bits per heavy atom. The van der Waals surface area contributed by atoms with Crippen molar-refractivity contribution in [3.63, 3.8) is 0 Å². The second-order valence-corrected chi connectivity index (χ2v) is 4.57. The molecule has 0 heterocycles. The van der Waals surface area contributed by atoms with Crippen LogP contribution in [0.25, 0.3) is 10.7 Å². The zero-order valence-corrected chi connectivity index (χ0v) is 11.2. The lowest BCUT2D eigenvalue weighted by Crippen LogP contribution is -1.90. The van der Waals surface area contributed by atoms with Gasteiger partial charge in [0, 0.05) is 6.42 Å². The van der Waals surface area contributed by atoms with E-state index < -0.39 is 0 Å². The monoisotopic (exact) mass is 245 g/mol. The maximum absolute atomic E-state index is 9.96. The molecule has 1 aromatic rings. The summed E-state index contributed by atoms with van der Waals surface area (Å²) in [7, 11) is 0. The zero-order valence-electron chi connectivity index (χ0n) is 11.2. The van der Waals surface area contributed by atoms with Crippen LogP contribution in [0.5, 0.6) is 0 Å². The van der Waals surface area contributed by atoms with Crippen LogP contribution in [0.2, 0.25) is 0 Å². The van der Waals surface area contributed by atoms with Crippen molar-refractivity contribution in [3.05, 3.63) is 46.1 Å². The Morgan fingerprint density at radius 3 is 2.39 bits per heavy atom. The van der Waals surface area contributed by atoms with Crippen molar-refractivity contribution in [2.75, 3.05) is 0 Å². The highest BCUT2D eigenvalue weighted by atomic mass is 16.3. The standard InChI is InChI=1S/C15H20N2O/c1-3-4-5-6-7-14(18)15(17-16)13-10-8-12(2)9-11-13/h8-11H,3-7H2,1-2H3/p+1/b15-14+. The molecule has 0 aliphatic heterocycles. The molecule has 0 unspecified atom stereocenters. The van der Waals surface area contributed by atoms with Crippen molar-refractivity contribution >= 4 is 5.70 Å². The first kappa shape index (κ1) is 14.2. The summed E-state index contributed by atoms with van der Waals surface area (Å²) in [5, 5.41) is 19.0. The SMILES string of the molecule is CCCCCC/C(O)=C(\[N+]#N)c1ccc(C)cc1. The van der Waals surface area contributed by atoms with E-state index in [9.17, 15) is 5.11 Å². The van der Waals surface area contributed by atoms with E-state index >= 15 is 0 Å². The first-order valence-electron chi connectivity index (χ1n) is 6.53. The van der Waals surface area contributed by atoms with Gasteiger partial charge in [0.2, 0.25) is 5.39 Å². The fraction of sp³-hybridized carbons (Fsp3) is 0.467. The van der Waals surface area contributed by atoms with E-state index in [4.69, 9.17) is 5.39 Å². The van der Waals surface area contributed by atoms with Crippen molar-refractivity contribution in [1.82, 2.24) is 0 Å². The number of diazo groups is 1. The van der Waals surface area contributed by atoms with Crippen LogP contribution in [0.3, 0.4) is 0 Å². The van der Waals surface area contributed by atoms with Crippen molar-refractivity contribution in [2.45, 2.75) is 46.0 Å². The Kier molecular flexibility index (Phi) is 5.93. The number of aliphatic hydroxyl groups is 1. The number of aliphatic hydroxyl groups excluding tert-OH is 1. The van der Waals surface area contributed by atoms with Crippen LogP contribution in [0, 0.1) is 12.3 Å². The van der Waals surface area contributed by atoms with E-state index in [2.05, 4.69) is 11.9 Å². The van der Waals surface area contributed by atoms with E-state index in [1.807, 2.05) is 31.2 Å². The molecule has 3 nitrogen and oxygen atoms in total. The highest BCUT2D eigenvalue weighted by molar-refractivity contribution is 5.71. The van der Waals surface area contributed by atoms with E-state index in [1.54, 1.807) is 0 Å². The summed E-state index contributed by atoms with van der Waals surface area (Å²) in [6.45, 7) is 4.14. The Balaban J connectivity index is 2.74. The molecule has 0 bridgehead atoms. The molecule has 1 aromatic carbocycles. The van der Waals surface area contributed by atoms with Crippen molar-refractivity contribution in [1.29, 1.82) is 5.39 Å². The minimum absolute atomic E-state index is 0.164. The average molecular weight is 245 g/mol. The predicted octanol–water partition coefficient (Wildman–Crippen LogP) is 5.05. The van der Waals surface area contributed by atoms with Gasteiger partial charge < -0.3 is 5.11 Å². The number of hydrogen-bond donors (Lipinski definition) is 1. The summed E-state index contributed by atoms with van der Waals surface area (Å²) in [6.07, 6.45) is 4.91. The molecule has 0 saturated heterocycles. The van der Waals surface area contributed by atoms with Crippen molar-refractivity contribution in [3.8, 4) is 0 Å². The normalized spacial score (nSPS) is 11.8. The molecule has 0 aliphatic carbocycles. The quantitative estimate of drug-likeness (QED) is 0.433. The molecule has 1 rings (SSSR count). The third kappa shape index (κ3) is 4.21. The van der Waals surface area contributed by atoms with Gasteiger partial charge in [0.1, 0.15) is 0 Å². The summed E-state index contributed by atoms with van der Waals surface area (Å²) >= 11 is 0. The molecule has 0 amide bonds. The van der Waals surface area contributed by atoms with Gasteiger partial charge in [-0.3, -0.25) is 0 Å². The van der Waals surface area contributed by atoms with Gasteiger partial charge in [-0.2, -0.15) is 0 Å². The number of nitrogens with zero attached hydrogens (tertiary/aromatic N) is 2. The first-order valence-corrected chi connectivity index (χ1v) is 6.53. The van der Waals surface area contributed by atoms with E-state index in [1.165, 1.54) is 12.8 Å². The van der Waals surface area contributed by atoms with Gasteiger partial charge in [0.05, 0.1) is 5.56 Å². The molecular formula is C15H21N2O+. The molecular weight excluding hydrogens is 224 g/mol. The highest BCUT2D eigenvalue weighted by Crippen LogP contribution is 2.22. The molecule has 0 atom stereocenters. The Bertz CT molecular complexity index is 441. The molecule has 0 aromatic heterocycles. The predicted molar refractivity (Wildman–Crippen MR) is 74.6 cm³/mol. The van der Waals surface area contributed by atoms with Crippen LogP contribution in [-0.2, 0) is 0 Å². The summed E-state index contributed by atoms with van der Waals surface area (Å²) in [6, 6.07) is 7.58. The summed E-state index contributed by atoms with van der Waals surface area (Å²) in [5.74, 6) is 0.164. The highest BCUT2D eigenvalue weighted by Gasteiger charge is 2.20. The third-order valence-electron chi connectivity index (χ3n) is 2.97. The zero-order chi connectivity index (χ0) is 13.4. The lowest BCUT2D eigenvalue weighted by Gasteiger charge is -1.99. The lowest BCUT2D eigenvalue weighted by molar-refractivity contribution is 0.384. The van der Waals surface area contributed by atoms with Crippen LogP contribution >= 0.6 is 0 Å². The van der Waals surface area contributed by atoms with Crippen LogP contribution in [-0.4, -0.2) is 5.11 Å². The van der Waals surface area contributed by atoms with Crippen molar-refractivity contribution < 1.29 is 5.11 Å². The van der Waals surface area contributed by atoms with Gasteiger partial charge in [-0.25, -0.2) is 0 Å². The fourth-order valence-corrected chi connectivity index (χ4v) is 1.83. The number of unbranched alkanes of at least 4 members (excludes halogenated alkanes) is 3. The van der Waals surface area contributed by atoms with Crippen LogP contribution in [0.1, 0.15) is 50.2 Å². The third-order valence-corrected chi connectivity index (χ3v) is 2.97. The smallest absolute Gasteiger partial charge is 0.428 e. The Morgan fingerprint density at radius 2 is 1.83 bits per heavy atom. The van der Waals surface area contributed by atoms with Gasteiger partial charge in [0.15, 0.2) is 10.7 Å². The van der Waals surface area contributed by atoms with E-state index in [0.29, 0.717) is 6.42 Å². The van der Waals surface area contributed by atoms with Crippen LogP contribution in [0.4, 0.5) is 0 Å². The average Bonchev–Trinajstić information content (AvgIpc) is 2.38. The van der Waals surface area contributed by atoms with Gasteiger partial charge in [0.25, 0.3) is 0 Å². The van der Waals surface area contributed by atoms with E-state index in [0.717, 1.165) is 24.0 Å². The molecule has 0 fully saturated rings. The maximum Gasteiger partial charge on any atom is 0.428 e. The van der Waals surface area contributed by atoms with Gasteiger partial charge in [-0.1, -0.05) is 43.9 Å². The lowest BCUT2D eigenvalue weighted by atomic mass is 10.1. The maximum atomic E-state index is 9.96. The molecule has 0 aliphatic rings. The molecule has 96 valence electrons. The minimum atomic E-state index is 0.164. The van der Waals surface area contributed by atoms with Gasteiger partial charge >= 0.3 is 5.70 Å². The molecule has 0 saturated carbocycles. The number of rotatable bonds is 6. The summed E-state index contributed by atoms with van der Waals surface area (Å²) < 4.78 is 0. The molecule has 18 heavy (non-hydrogen) atoms. The molecule has 1 N–H and O–H groups in total. The van der Waals surface area contributed by atoms with Crippen molar-refractivity contribution in [2.24, 2.45) is 0 Å². The van der Waals surface area contributed by atoms with Gasteiger partial charge in [-0.15, -0.1) is 0 Å². The number of aryl methyl sites for hydroxylation is 1. The summed E-state index contributed by atoms with van der Waals surface area (Å²) in [5.41, 5.74) is 2.17. The summed E-state index contributed by atoms with van der Waals surface area (Å²) in [4.78, 5) is 3.22. The number of benzene rings is 1. The van der Waals surface area contributed by atoms with Crippen LogP contribution in [0.15, 0.2) is 30.0 Å². The Labute approximate surface area is 109 Å².